The molecular weight excluding hydrogens is 729 g/mol. The Labute approximate surface area is 342 Å². The monoisotopic (exact) mass is 813 g/mol. The van der Waals surface area contributed by atoms with Crippen LogP contribution >= 0.6 is 7.82 Å². The normalized spacial score (nSPS) is 14.6. The topological polar surface area (TPSA) is 129 Å². The zero-order valence-corrected chi connectivity index (χ0v) is 37.1. The third kappa shape index (κ3) is 40.1. The van der Waals surface area contributed by atoms with Crippen LogP contribution in [0.15, 0.2) is 48.6 Å². The Morgan fingerprint density at radius 1 is 0.625 bits per heavy atom. The summed E-state index contributed by atoms with van der Waals surface area (Å²) in [5.41, 5.74) is 0. The molecule has 1 unspecified atom stereocenters. The summed E-state index contributed by atoms with van der Waals surface area (Å²) in [7, 11) is 1.43. The zero-order valence-electron chi connectivity index (χ0n) is 36.2. The van der Waals surface area contributed by atoms with E-state index in [0.29, 0.717) is 23.9 Å². The Balaban J connectivity index is 4.46. The fourth-order valence-electron chi connectivity index (χ4n) is 5.63. The molecule has 2 N–H and O–H groups in total. The van der Waals surface area contributed by atoms with Crippen LogP contribution in [0.4, 0.5) is 0 Å². The molecule has 10 nitrogen and oxygen atoms in total. The molecule has 0 bridgehead atoms. The predicted molar refractivity (Wildman–Crippen MR) is 230 cm³/mol. The molecule has 0 aliphatic heterocycles. The lowest BCUT2D eigenvalue weighted by Gasteiger charge is -2.24. The molecule has 0 aliphatic rings. The van der Waals surface area contributed by atoms with E-state index in [4.69, 9.17) is 18.5 Å². The number of esters is 2. The molecule has 0 aromatic carbocycles. The summed E-state index contributed by atoms with van der Waals surface area (Å²) in [6, 6.07) is 0. The first-order valence-electron chi connectivity index (χ1n) is 21.9. The third-order valence-electron chi connectivity index (χ3n) is 9.28. The highest BCUT2D eigenvalue weighted by Crippen LogP contribution is 2.43. The average molecular weight is 813 g/mol. The van der Waals surface area contributed by atoms with Crippen molar-refractivity contribution in [1.82, 2.24) is 0 Å². The summed E-state index contributed by atoms with van der Waals surface area (Å²) >= 11 is 0. The maximum atomic E-state index is 12.7. The van der Waals surface area contributed by atoms with Gasteiger partial charge in [0.1, 0.15) is 19.8 Å². The van der Waals surface area contributed by atoms with Gasteiger partial charge in [-0.15, -0.1) is 0 Å². The van der Waals surface area contributed by atoms with Gasteiger partial charge in [-0.05, 0) is 57.8 Å². The van der Waals surface area contributed by atoms with Gasteiger partial charge in [-0.2, -0.15) is 0 Å². The molecule has 0 rings (SSSR count). The van der Waals surface area contributed by atoms with E-state index in [2.05, 4.69) is 49.5 Å². The molecule has 0 aromatic heterocycles. The molecule has 0 fully saturated rings. The van der Waals surface area contributed by atoms with E-state index in [1.807, 2.05) is 34.1 Å². The lowest BCUT2D eigenvalue weighted by atomic mass is 10.0. The van der Waals surface area contributed by atoms with Crippen LogP contribution in [0.2, 0.25) is 0 Å². The number of unbranched alkanes of at least 4 members (excludes halogenated alkanes) is 14. The van der Waals surface area contributed by atoms with Crippen LogP contribution < -0.4 is 0 Å². The number of allylic oxidation sites excluding steroid dienone is 8. The first kappa shape index (κ1) is 53.9. The Bertz CT molecular complexity index is 1120. The number of carbonyl (C=O) groups is 2. The van der Waals surface area contributed by atoms with Crippen molar-refractivity contribution in [3.8, 4) is 0 Å². The second-order valence-corrected chi connectivity index (χ2v) is 17.3. The number of rotatable bonds is 39. The van der Waals surface area contributed by atoms with E-state index in [0.717, 1.165) is 64.2 Å². The molecule has 326 valence electrons. The van der Waals surface area contributed by atoms with E-state index in [1.165, 1.54) is 64.2 Å². The maximum Gasteiger partial charge on any atom is 0.472 e. The quantitative estimate of drug-likeness (QED) is 0.0205. The lowest BCUT2D eigenvalue weighted by Crippen LogP contribution is -2.37. The van der Waals surface area contributed by atoms with Crippen LogP contribution in [-0.4, -0.2) is 86.1 Å². The minimum absolute atomic E-state index is 0.0172. The molecule has 0 aliphatic carbocycles. The van der Waals surface area contributed by atoms with E-state index in [1.54, 1.807) is 0 Å². The van der Waals surface area contributed by atoms with Crippen molar-refractivity contribution >= 4 is 19.8 Å². The van der Waals surface area contributed by atoms with Gasteiger partial charge >= 0.3 is 19.8 Å². The third-order valence-corrected chi connectivity index (χ3v) is 10.3. The first-order chi connectivity index (χ1) is 26.9. The van der Waals surface area contributed by atoms with Gasteiger partial charge in [0.15, 0.2) is 6.10 Å². The van der Waals surface area contributed by atoms with Crippen molar-refractivity contribution in [2.75, 3.05) is 47.5 Å². The van der Waals surface area contributed by atoms with Gasteiger partial charge in [-0.3, -0.25) is 18.6 Å². The van der Waals surface area contributed by atoms with Gasteiger partial charge in [0.05, 0.1) is 33.9 Å². The highest BCUT2D eigenvalue weighted by Gasteiger charge is 2.27. The number of hydrogen-bond acceptors (Lipinski definition) is 8. The van der Waals surface area contributed by atoms with Crippen molar-refractivity contribution in [1.29, 1.82) is 0 Å². The summed E-state index contributed by atoms with van der Waals surface area (Å²) in [5, 5.41) is 9.56. The SMILES string of the molecule is CCCCCCCCCCCCCCCCC(=O)O[C@H](COC(=O)CCC/C=C\C/C=C\C/C=C\C/C=C\CC[C@@H](O)CC)COP(=O)(O)OCC[N+](C)(C)C. The molecule has 11 heteroatoms. The highest BCUT2D eigenvalue weighted by atomic mass is 31.2. The molecular formula is C45H83NO9P+. The second-order valence-electron chi connectivity index (χ2n) is 15.9. The number of likely N-dealkylation sites (N-methyl/N-ethyl adjacent to an activating group) is 1. The Hall–Kier alpha value is -2.07. The Morgan fingerprint density at radius 3 is 1.62 bits per heavy atom. The van der Waals surface area contributed by atoms with Gasteiger partial charge in [-0.1, -0.05) is 146 Å². The number of aliphatic hydroxyl groups is 1. The summed E-state index contributed by atoms with van der Waals surface area (Å²) < 4.78 is 34.2. The van der Waals surface area contributed by atoms with Gasteiger partial charge in [0.2, 0.25) is 0 Å². The minimum Gasteiger partial charge on any atom is -0.462 e. The van der Waals surface area contributed by atoms with Crippen LogP contribution in [0.5, 0.6) is 0 Å². The molecule has 3 atom stereocenters. The standard InChI is InChI=1S/C45H82NO9P/c1-6-8-9-10-11-12-13-14-18-22-25-28-31-34-37-45(49)55-43(41-54-56(50,51)53-39-38-46(3,4)5)40-52-44(48)36-33-30-27-24-21-19-16-15-17-20-23-26-29-32-35-42(47)7-2/h16-17,19-20,24,26-27,29,42-43,47H,6-15,18,21-23,25,28,30-41H2,1-5H3/p+1/b19-16-,20-17-,27-24-,29-26-/t42-,43+/m0/s1. The molecule has 0 heterocycles. The van der Waals surface area contributed by atoms with Crippen LogP contribution in [0.1, 0.15) is 168 Å². The van der Waals surface area contributed by atoms with Crippen LogP contribution in [-0.2, 0) is 32.7 Å². The lowest BCUT2D eigenvalue weighted by molar-refractivity contribution is -0.870. The number of quaternary nitrogens is 1. The van der Waals surface area contributed by atoms with Crippen LogP contribution in [0.25, 0.3) is 0 Å². The van der Waals surface area contributed by atoms with Crippen molar-refractivity contribution in [3.05, 3.63) is 48.6 Å². The zero-order chi connectivity index (χ0) is 41.6. The predicted octanol–water partition coefficient (Wildman–Crippen LogP) is 11.3. The van der Waals surface area contributed by atoms with Crippen molar-refractivity contribution in [2.24, 2.45) is 0 Å². The number of phosphoric acid groups is 1. The number of carbonyl (C=O) groups excluding carboxylic acids is 2. The van der Waals surface area contributed by atoms with Gasteiger partial charge in [-0.25, -0.2) is 4.57 Å². The smallest absolute Gasteiger partial charge is 0.462 e. The van der Waals surface area contributed by atoms with E-state index >= 15 is 0 Å². The number of nitrogens with zero attached hydrogens (tertiary/aromatic N) is 1. The molecule has 0 spiro atoms. The minimum atomic E-state index is -4.39. The van der Waals surface area contributed by atoms with E-state index in [9.17, 15) is 24.2 Å². The second kappa shape index (κ2) is 37.2. The summed E-state index contributed by atoms with van der Waals surface area (Å²) in [6.07, 6.45) is 39.6. The summed E-state index contributed by atoms with van der Waals surface area (Å²) in [4.78, 5) is 35.3. The Kier molecular flexibility index (Phi) is 35.8. The largest absolute Gasteiger partial charge is 0.472 e. The van der Waals surface area contributed by atoms with Gasteiger partial charge in [0.25, 0.3) is 0 Å². The Morgan fingerprint density at radius 2 is 1.11 bits per heavy atom. The molecule has 56 heavy (non-hydrogen) atoms. The molecule has 0 saturated heterocycles. The number of phosphoric ester groups is 1. The molecule has 0 radical (unpaired) electrons. The summed E-state index contributed by atoms with van der Waals surface area (Å²) in [5.74, 6) is -0.882. The first-order valence-corrected chi connectivity index (χ1v) is 23.4. The highest BCUT2D eigenvalue weighted by molar-refractivity contribution is 7.47. The fraction of sp³-hybridized carbons (Fsp3) is 0.778. The fourth-order valence-corrected chi connectivity index (χ4v) is 6.37. The maximum absolute atomic E-state index is 12.7. The van der Waals surface area contributed by atoms with Gasteiger partial charge in [0, 0.05) is 12.8 Å². The number of hydrogen-bond donors (Lipinski definition) is 2. The van der Waals surface area contributed by atoms with Crippen molar-refractivity contribution in [2.45, 2.75) is 180 Å². The number of aliphatic hydroxyl groups excluding tert-OH is 1. The van der Waals surface area contributed by atoms with Crippen LogP contribution in [0.3, 0.4) is 0 Å². The van der Waals surface area contributed by atoms with Crippen molar-refractivity contribution < 1.29 is 47.2 Å². The van der Waals surface area contributed by atoms with Crippen LogP contribution in [0, 0.1) is 0 Å². The van der Waals surface area contributed by atoms with E-state index < -0.39 is 32.5 Å². The molecule has 0 saturated carbocycles. The van der Waals surface area contributed by atoms with Gasteiger partial charge < -0.3 is 24.0 Å². The van der Waals surface area contributed by atoms with Crippen molar-refractivity contribution in [3.63, 3.8) is 0 Å². The molecule has 0 amide bonds. The van der Waals surface area contributed by atoms with E-state index in [-0.39, 0.29) is 32.2 Å². The summed E-state index contributed by atoms with van der Waals surface area (Å²) in [6.45, 7) is 4.07. The average Bonchev–Trinajstić information content (AvgIpc) is 3.15. The molecule has 0 aromatic rings. The number of ether oxygens (including phenoxy) is 2.